The Hall–Kier alpha value is -0.613. The van der Waals surface area contributed by atoms with Crippen molar-refractivity contribution in [3.63, 3.8) is 0 Å². The van der Waals surface area contributed by atoms with Crippen LogP contribution in [0.1, 0.15) is 91.4 Å². The van der Waals surface area contributed by atoms with Gasteiger partial charge in [0, 0.05) is 38.6 Å². The molecule has 2 unspecified atom stereocenters. The average Bonchev–Trinajstić information content (AvgIpc) is 3.20. The Labute approximate surface area is 232 Å². The van der Waals surface area contributed by atoms with Crippen LogP contribution in [-0.4, -0.2) is 70.4 Å². The topological polar surface area (TPSA) is 83.5 Å². The minimum absolute atomic E-state index is 0.0250. The molecule has 6 atom stereocenters. The number of Topliss-reactive ketones (excluding diaryl/α,β-unsaturated/α-hetero) is 1. The van der Waals surface area contributed by atoms with Crippen molar-refractivity contribution in [3.8, 4) is 0 Å². The largest absolute Gasteiger partial charge is 0.416 e. The summed E-state index contributed by atoms with van der Waals surface area (Å²) in [6.45, 7) is 13.3. The molecule has 0 aromatic rings. The summed E-state index contributed by atoms with van der Waals surface area (Å²) < 4.78 is 32.1. The van der Waals surface area contributed by atoms with Crippen molar-refractivity contribution in [2.75, 3.05) is 26.4 Å². The SMILES string of the molecule is CC(C)(C)[Si](C)(C)OC[C@@H]1[C@@H](C/C=C\CCCC(=O)CO)[C@H](OC2CCCCO2)C[C@H]1OC1CCCCO1. The summed E-state index contributed by atoms with van der Waals surface area (Å²) in [7, 11) is -1.93. The molecule has 1 N–H and O–H groups in total. The number of aliphatic hydroxyl groups excluding tert-OH is 1. The zero-order valence-corrected chi connectivity index (χ0v) is 25.6. The third-order valence-electron chi connectivity index (χ3n) is 8.92. The van der Waals surface area contributed by atoms with Crippen molar-refractivity contribution in [2.45, 2.75) is 134 Å². The molecular formula is C30H54O7Si. The lowest BCUT2D eigenvalue weighted by atomic mass is 9.90. The summed E-state index contributed by atoms with van der Waals surface area (Å²) in [5, 5.41) is 9.09. The monoisotopic (exact) mass is 554 g/mol. The van der Waals surface area contributed by atoms with Crippen LogP contribution in [0, 0.1) is 11.8 Å². The average molecular weight is 555 g/mol. The van der Waals surface area contributed by atoms with Crippen LogP contribution < -0.4 is 0 Å². The van der Waals surface area contributed by atoms with Crippen LogP contribution in [0.3, 0.4) is 0 Å². The summed E-state index contributed by atoms with van der Waals surface area (Å²) >= 11 is 0. The Morgan fingerprint density at radius 1 is 0.947 bits per heavy atom. The standard InChI is InChI=1S/C30H54O7Si/c1-30(2,3)38(4,5)35-22-25-24(15-9-7-6-8-14-23(32)21-31)26(36-28-16-10-12-18-33-28)20-27(25)37-29-17-11-13-19-34-29/h7,9,24-29,31H,6,8,10-22H2,1-5H3/b9-7-/t24-,25-,26-,27-,28?,29?/m1/s1. The zero-order chi connectivity index (χ0) is 27.6. The number of carbonyl (C=O) groups is 1. The number of aliphatic hydroxyl groups is 1. The first-order valence-corrected chi connectivity index (χ1v) is 18.0. The molecule has 3 fully saturated rings. The van der Waals surface area contributed by atoms with E-state index in [0.717, 1.165) is 77.4 Å². The van der Waals surface area contributed by atoms with Gasteiger partial charge >= 0.3 is 0 Å². The molecule has 220 valence electrons. The van der Waals surface area contributed by atoms with Gasteiger partial charge in [-0.1, -0.05) is 32.9 Å². The number of carbonyl (C=O) groups excluding carboxylic acids is 1. The van der Waals surface area contributed by atoms with Crippen LogP contribution in [0.2, 0.25) is 18.1 Å². The van der Waals surface area contributed by atoms with Crippen molar-refractivity contribution in [1.29, 1.82) is 0 Å². The number of ketones is 1. The van der Waals surface area contributed by atoms with Gasteiger partial charge in [0.1, 0.15) is 6.61 Å². The van der Waals surface area contributed by atoms with Crippen LogP contribution in [0.5, 0.6) is 0 Å². The molecule has 2 aliphatic heterocycles. The van der Waals surface area contributed by atoms with E-state index in [-0.39, 0.29) is 54.1 Å². The summed E-state index contributed by atoms with van der Waals surface area (Å²) in [4.78, 5) is 11.4. The maximum absolute atomic E-state index is 11.4. The Balaban J connectivity index is 1.73. The van der Waals surface area contributed by atoms with Gasteiger partial charge in [-0.25, -0.2) is 0 Å². The minimum Gasteiger partial charge on any atom is -0.416 e. The third-order valence-corrected chi connectivity index (χ3v) is 13.4. The fourth-order valence-corrected chi connectivity index (χ4v) is 6.46. The predicted octanol–water partition coefficient (Wildman–Crippen LogP) is 6.15. The van der Waals surface area contributed by atoms with Crippen molar-refractivity contribution in [3.05, 3.63) is 12.2 Å². The van der Waals surface area contributed by atoms with Crippen LogP contribution in [0.4, 0.5) is 0 Å². The molecule has 0 bridgehead atoms. The maximum Gasteiger partial charge on any atom is 0.191 e. The Bertz CT molecular complexity index is 723. The van der Waals surface area contributed by atoms with E-state index in [9.17, 15) is 4.79 Å². The van der Waals surface area contributed by atoms with Gasteiger partial charge in [0.2, 0.25) is 0 Å². The van der Waals surface area contributed by atoms with Gasteiger partial charge in [-0.2, -0.15) is 0 Å². The van der Waals surface area contributed by atoms with E-state index >= 15 is 0 Å². The zero-order valence-electron chi connectivity index (χ0n) is 24.6. The molecule has 0 amide bonds. The predicted molar refractivity (Wildman–Crippen MR) is 151 cm³/mol. The second kappa shape index (κ2) is 15.4. The van der Waals surface area contributed by atoms with Gasteiger partial charge < -0.3 is 28.5 Å². The van der Waals surface area contributed by atoms with Crippen LogP contribution in [0.15, 0.2) is 12.2 Å². The Morgan fingerprint density at radius 2 is 1.55 bits per heavy atom. The van der Waals surface area contributed by atoms with Crippen LogP contribution in [-0.2, 0) is 28.2 Å². The number of hydrogen-bond acceptors (Lipinski definition) is 7. The van der Waals surface area contributed by atoms with E-state index in [1.807, 2.05) is 0 Å². The number of rotatable bonds is 14. The van der Waals surface area contributed by atoms with Gasteiger partial charge in [-0.15, -0.1) is 0 Å². The lowest BCUT2D eigenvalue weighted by Crippen LogP contribution is -2.44. The minimum atomic E-state index is -1.93. The molecule has 8 heteroatoms. The molecule has 0 radical (unpaired) electrons. The quantitative estimate of drug-likeness (QED) is 0.157. The molecule has 3 rings (SSSR count). The molecule has 1 aliphatic carbocycles. The number of hydrogen-bond donors (Lipinski definition) is 1. The molecule has 2 saturated heterocycles. The summed E-state index contributed by atoms with van der Waals surface area (Å²) in [5.74, 6) is 0.376. The molecule has 2 heterocycles. The highest BCUT2D eigenvalue weighted by Gasteiger charge is 2.48. The van der Waals surface area contributed by atoms with Crippen LogP contribution >= 0.6 is 0 Å². The van der Waals surface area contributed by atoms with E-state index < -0.39 is 8.32 Å². The van der Waals surface area contributed by atoms with Gasteiger partial charge in [0.05, 0.1) is 12.2 Å². The number of ether oxygens (including phenoxy) is 4. The molecule has 0 spiro atoms. The maximum atomic E-state index is 11.4. The third kappa shape index (κ3) is 9.79. The normalized spacial score (nSPS) is 31.2. The highest BCUT2D eigenvalue weighted by atomic mass is 28.4. The first-order valence-electron chi connectivity index (χ1n) is 15.1. The number of allylic oxidation sites excluding steroid dienone is 2. The molecular weight excluding hydrogens is 500 g/mol. The van der Waals surface area contributed by atoms with Crippen molar-refractivity contribution < 1.29 is 33.3 Å². The highest BCUT2D eigenvalue weighted by Crippen LogP contribution is 2.43. The highest BCUT2D eigenvalue weighted by molar-refractivity contribution is 6.74. The molecule has 7 nitrogen and oxygen atoms in total. The van der Waals surface area contributed by atoms with Crippen molar-refractivity contribution in [1.82, 2.24) is 0 Å². The van der Waals surface area contributed by atoms with E-state index in [0.29, 0.717) is 13.0 Å². The van der Waals surface area contributed by atoms with E-state index in [1.165, 1.54) is 0 Å². The fourth-order valence-electron chi connectivity index (χ4n) is 5.42. The van der Waals surface area contributed by atoms with E-state index in [1.54, 1.807) is 0 Å². The van der Waals surface area contributed by atoms with Gasteiger partial charge in [0.15, 0.2) is 26.7 Å². The molecule has 0 aromatic heterocycles. The second-order valence-corrected chi connectivity index (χ2v) is 17.7. The summed E-state index contributed by atoms with van der Waals surface area (Å²) in [5.41, 5.74) is 0. The lowest BCUT2D eigenvalue weighted by Gasteiger charge is -2.39. The Morgan fingerprint density at radius 3 is 2.08 bits per heavy atom. The van der Waals surface area contributed by atoms with Gasteiger partial charge in [-0.05, 0) is 81.8 Å². The van der Waals surface area contributed by atoms with E-state index in [2.05, 4.69) is 46.0 Å². The van der Waals surface area contributed by atoms with Gasteiger partial charge in [0.25, 0.3) is 0 Å². The number of unbranched alkanes of at least 4 members (excludes halogenated alkanes) is 1. The van der Waals surface area contributed by atoms with Crippen molar-refractivity contribution in [2.24, 2.45) is 11.8 Å². The first-order chi connectivity index (χ1) is 18.1. The van der Waals surface area contributed by atoms with Crippen LogP contribution in [0.25, 0.3) is 0 Å². The smallest absolute Gasteiger partial charge is 0.191 e. The summed E-state index contributed by atoms with van der Waals surface area (Å²) in [6, 6.07) is 0. The van der Waals surface area contributed by atoms with Crippen molar-refractivity contribution >= 4 is 14.1 Å². The second-order valence-electron chi connectivity index (χ2n) is 12.9. The molecule has 1 saturated carbocycles. The molecule has 3 aliphatic rings. The summed E-state index contributed by atoms with van der Waals surface area (Å²) in [6.07, 6.45) is 14.3. The van der Waals surface area contributed by atoms with E-state index in [4.69, 9.17) is 28.5 Å². The fraction of sp³-hybridized carbons (Fsp3) is 0.900. The first kappa shape index (κ1) is 31.9. The Kier molecular flexibility index (Phi) is 12.9. The van der Waals surface area contributed by atoms with Gasteiger partial charge in [-0.3, -0.25) is 4.79 Å². The lowest BCUT2D eigenvalue weighted by molar-refractivity contribution is -0.204. The molecule has 38 heavy (non-hydrogen) atoms. The molecule has 0 aromatic carbocycles.